The van der Waals surface area contributed by atoms with Crippen LogP contribution in [0, 0.1) is 6.92 Å². The van der Waals surface area contributed by atoms with E-state index < -0.39 is 5.97 Å². The van der Waals surface area contributed by atoms with Crippen LogP contribution in [0.2, 0.25) is 0 Å². The van der Waals surface area contributed by atoms with E-state index in [1.807, 2.05) is 0 Å². The van der Waals surface area contributed by atoms with Crippen molar-refractivity contribution in [1.29, 1.82) is 0 Å². The first-order valence-corrected chi connectivity index (χ1v) is 7.84. The van der Waals surface area contributed by atoms with Gasteiger partial charge >= 0.3 is 5.97 Å². The number of hydrogen-bond acceptors (Lipinski definition) is 6. The van der Waals surface area contributed by atoms with E-state index in [9.17, 15) is 14.4 Å². The van der Waals surface area contributed by atoms with Crippen molar-refractivity contribution in [3.63, 3.8) is 0 Å². The molecule has 0 aliphatic rings. The average Bonchev–Trinajstić information content (AvgIpc) is 2.86. The van der Waals surface area contributed by atoms with Gasteiger partial charge in [-0.25, -0.2) is 9.78 Å². The molecule has 122 valence electrons. The van der Waals surface area contributed by atoms with Gasteiger partial charge in [0.15, 0.2) is 0 Å². The smallest absolute Gasteiger partial charge is 0.348 e. The molecule has 2 aromatic rings. The third kappa shape index (κ3) is 3.48. The van der Waals surface area contributed by atoms with E-state index in [0.717, 1.165) is 11.3 Å². The number of nitrogens with zero attached hydrogens (tertiary/aromatic N) is 2. The Labute approximate surface area is 136 Å². The summed E-state index contributed by atoms with van der Waals surface area (Å²) in [4.78, 5) is 41.2. The van der Waals surface area contributed by atoms with Gasteiger partial charge in [-0.15, -0.1) is 17.9 Å². The molecule has 0 aliphatic heterocycles. The van der Waals surface area contributed by atoms with Gasteiger partial charge in [-0.2, -0.15) is 0 Å². The van der Waals surface area contributed by atoms with Crippen LogP contribution in [0.15, 0.2) is 23.8 Å². The van der Waals surface area contributed by atoms with Crippen molar-refractivity contribution in [3.05, 3.63) is 39.8 Å². The Bertz CT molecular complexity index is 822. The summed E-state index contributed by atoms with van der Waals surface area (Å²) in [6.45, 7) is 7.34. The zero-order valence-electron chi connectivity index (χ0n) is 12.9. The zero-order valence-corrected chi connectivity index (χ0v) is 13.7. The molecule has 0 saturated carbocycles. The number of rotatable bonds is 6. The molecule has 1 N–H and O–H groups in total. The second-order valence-corrected chi connectivity index (χ2v) is 5.73. The maximum atomic E-state index is 12.5. The van der Waals surface area contributed by atoms with Gasteiger partial charge in [0.1, 0.15) is 16.3 Å². The largest absolute Gasteiger partial charge is 0.462 e. The number of thiophene rings is 1. The van der Waals surface area contributed by atoms with E-state index in [2.05, 4.69) is 16.9 Å². The maximum Gasteiger partial charge on any atom is 0.348 e. The summed E-state index contributed by atoms with van der Waals surface area (Å²) in [7, 11) is 0. The van der Waals surface area contributed by atoms with Crippen molar-refractivity contribution >= 4 is 33.4 Å². The SMILES string of the molecule is C=CCNC(=O)Cn1cnc2sc(C(=O)OCC)c(C)c2c1=O. The highest BCUT2D eigenvalue weighted by Crippen LogP contribution is 2.27. The van der Waals surface area contributed by atoms with Crippen molar-refractivity contribution in [2.75, 3.05) is 13.2 Å². The minimum absolute atomic E-state index is 0.139. The number of aryl methyl sites for hydroxylation is 1. The summed E-state index contributed by atoms with van der Waals surface area (Å²) in [5, 5.41) is 2.94. The predicted molar refractivity (Wildman–Crippen MR) is 87.8 cm³/mol. The fourth-order valence-corrected chi connectivity index (χ4v) is 3.09. The van der Waals surface area contributed by atoms with Crippen molar-refractivity contribution in [2.24, 2.45) is 0 Å². The Morgan fingerprint density at radius 2 is 2.26 bits per heavy atom. The normalized spacial score (nSPS) is 10.5. The fraction of sp³-hybridized carbons (Fsp3) is 0.333. The van der Waals surface area contributed by atoms with E-state index in [1.165, 1.54) is 10.9 Å². The number of fused-ring (bicyclic) bond motifs is 1. The molecule has 0 saturated heterocycles. The van der Waals surface area contributed by atoms with Crippen molar-refractivity contribution in [1.82, 2.24) is 14.9 Å². The van der Waals surface area contributed by atoms with Gasteiger partial charge in [-0.1, -0.05) is 6.08 Å². The van der Waals surface area contributed by atoms with Crippen LogP contribution >= 0.6 is 11.3 Å². The first-order chi connectivity index (χ1) is 11.0. The van der Waals surface area contributed by atoms with Gasteiger partial charge in [0.2, 0.25) is 5.91 Å². The lowest BCUT2D eigenvalue weighted by Gasteiger charge is -2.05. The highest BCUT2D eigenvalue weighted by molar-refractivity contribution is 7.20. The van der Waals surface area contributed by atoms with Crippen LogP contribution in [0.5, 0.6) is 0 Å². The molecular formula is C15H17N3O4S. The molecule has 0 atom stereocenters. The van der Waals surface area contributed by atoms with Crippen LogP contribution in [-0.2, 0) is 16.1 Å². The van der Waals surface area contributed by atoms with Crippen molar-refractivity contribution < 1.29 is 14.3 Å². The Balaban J connectivity index is 2.40. The standard InChI is InChI=1S/C15H17N3O4S/c1-4-6-16-10(19)7-18-8-17-13-11(14(18)20)9(3)12(23-13)15(21)22-5-2/h4,8H,1,5-7H2,2-3H3,(H,16,19). The molecule has 8 heteroatoms. The summed E-state index contributed by atoms with van der Waals surface area (Å²) in [5.41, 5.74) is 0.176. The summed E-state index contributed by atoms with van der Waals surface area (Å²) in [6.07, 6.45) is 2.86. The monoisotopic (exact) mass is 335 g/mol. The summed E-state index contributed by atoms with van der Waals surface area (Å²) >= 11 is 1.11. The Hall–Kier alpha value is -2.48. The molecular weight excluding hydrogens is 318 g/mol. The van der Waals surface area contributed by atoms with E-state index in [4.69, 9.17) is 4.74 Å². The van der Waals surface area contributed by atoms with Gasteiger partial charge in [0.05, 0.1) is 18.3 Å². The minimum atomic E-state index is -0.470. The van der Waals surface area contributed by atoms with Crippen LogP contribution in [-0.4, -0.2) is 34.6 Å². The molecule has 0 fully saturated rings. The molecule has 0 radical (unpaired) electrons. The molecule has 1 amide bonds. The fourth-order valence-electron chi connectivity index (χ4n) is 2.06. The summed E-state index contributed by atoms with van der Waals surface area (Å²) in [6, 6.07) is 0. The Morgan fingerprint density at radius 1 is 1.52 bits per heavy atom. The molecule has 23 heavy (non-hydrogen) atoms. The van der Waals surface area contributed by atoms with E-state index >= 15 is 0 Å². The van der Waals surface area contributed by atoms with Gasteiger partial charge in [-0.05, 0) is 19.4 Å². The number of esters is 1. The van der Waals surface area contributed by atoms with Gasteiger partial charge in [0, 0.05) is 6.54 Å². The summed E-state index contributed by atoms with van der Waals surface area (Å²) < 4.78 is 6.20. The summed E-state index contributed by atoms with van der Waals surface area (Å²) in [5.74, 6) is -0.783. The van der Waals surface area contributed by atoms with Gasteiger partial charge in [0.25, 0.3) is 5.56 Å². The first kappa shape index (κ1) is 16.9. The molecule has 0 spiro atoms. The third-order valence-corrected chi connectivity index (χ3v) is 4.32. The second kappa shape index (κ2) is 7.19. The lowest BCUT2D eigenvalue weighted by Crippen LogP contribution is -2.32. The number of ether oxygens (including phenoxy) is 1. The third-order valence-electron chi connectivity index (χ3n) is 3.14. The lowest BCUT2D eigenvalue weighted by atomic mass is 10.2. The van der Waals surface area contributed by atoms with E-state index in [0.29, 0.717) is 27.2 Å². The number of carbonyl (C=O) groups excluding carboxylic acids is 2. The van der Waals surface area contributed by atoms with Crippen LogP contribution in [0.25, 0.3) is 10.2 Å². The molecule has 7 nitrogen and oxygen atoms in total. The Kier molecular flexibility index (Phi) is 5.28. The van der Waals surface area contributed by atoms with Crippen molar-refractivity contribution in [3.8, 4) is 0 Å². The predicted octanol–water partition coefficient (Wildman–Crippen LogP) is 1.25. The number of hydrogen-bond donors (Lipinski definition) is 1. The van der Waals surface area contributed by atoms with Crippen LogP contribution in [0.4, 0.5) is 0 Å². The van der Waals surface area contributed by atoms with Crippen LogP contribution < -0.4 is 10.9 Å². The van der Waals surface area contributed by atoms with E-state index in [1.54, 1.807) is 19.9 Å². The van der Waals surface area contributed by atoms with Crippen molar-refractivity contribution in [2.45, 2.75) is 20.4 Å². The number of amides is 1. The quantitative estimate of drug-likeness (QED) is 0.634. The number of nitrogens with one attached hydrogen (secondary N) is 1. The number of aromatic nitrogens is 2. The average molecular weight is 335 g/mol. The molecule has 2 heterocycles. The molecule has 0 bridgehead atoms. The van der Waals surface area contributed by atoms with Gasteiger partial charge < -0.3 is 10.1 Å². The maximum absolute atomic E-state index is 12.5. The Morgan fingerprint density at radius 3 is 2.91 bits per heavy atom. The van der Waals surface area contributed by atoms with Crippen LogP contribution in [0.1, 0.15) is 22.2 Å². The van der Waals surface area contributed by atoms with E-state index in [-0.39, 0.29) is 24.6 Å². The lowest BCUT2D eigenvalue weighted by molar-refractivity contribution is -0.121. The van der Waals surface area contributed by atoms with Gasteiger partial charge in [-0.3, -0.25) is 14.2 Å². The minimum Gasteiger partial charge on any atom is -0.462 e. The topological polar surface area (TPSA) is 90.3 Å². The molecule has 2 rings (SSSR count). The van der Waals surface area contributed by atoms with Crippen LogP contribution in [0.3, 0.4) is 0 Å². The second-order valence-electron chi connectivity index (χ2n) is 4.73. The molecule has 0 aliphatic carbocycles. The molecule has 0 aromatic carbocycles. The molecule has 2 aromatic heterocycles. The highest BCUT2D eigenvalue weighted by atomic mass is 32.1. The molecule has 0 unspecified atom stereocenters. The zero-order chi connectivity index (χ0) is 17.0. The highest BCUT2D eigenvalue weighted by Gasteiger charge is 2.20. The first-order valence-electron chi connectivity index (χ1n) is 7.02. The number of carbonyl (C=O) groups is 2.